The predicted octanol–water partition coefficient (Wildman–Crippen LogP) is 17.0. The van der Waals surface area contributed by atoms with Crippen LogP contribution < -0.4 is 30.7 Å². The predicted molar refractivity (Wildman–Crippen MR) is 303 cm³/mol. The quantitative estimate of drug-likeness (QED) is 0.0435. The van der Waals surface area contributed by atoms with E-state index in [1.165, 1.54) is 125 Å². The van der Waals surface area contributed by atoms with Crippen molar-refractivity contribution >= 4 is 39.9 Å². The van der Waals surface area contributed by atoms with Crippen LogP contribution >= 0.6 is 0 Å². The van der Waals surface area contributed by atoms with Crippen LogP contribution in [-0.4, -0.2) is 57.3 Å². The number of nitrogen functional groups attached to an aromatic ring is 1. The summed E-state index contributed by atoms with van der Waals surface area (Å²) in [4.78, 5) is 15.7. The largest absolute Gasteiger partial charge is 0.383 e. The topological polar surface area (TPSA) is 63.9 Å². The van der Waals surface area contributed by atoms with Gasteiger partial charge in [-0.2, -0.15) is 0 Å². The molecule has 7 heteroatoms. The van der Waals surface area contributed by atoms with Gasteiger partial charge >= 0.3 is 0 Å². The zero-order chi connectivity index (χ0) is 48.5. The highest BCUT2D eigenvalue weighted by atomic mass is 15.1. The van der Waals surface area contributed by atoms with Crippen LogP contribution in [0.4, 0.5) is 39.9 Å². The fraction of sp³-hybridized carbons (Fsp3) is 0.525. The Morgan fingerprint density at radius 3 is 0.912 bits per heavy atom. The lowest BCUT2D eigenvalue weighted by atomic mass is 9.90. The average Bonchev–Trinajstić information content (AvgIpc) is 3.37. The summed E-state index contributed by atoms with van der Waals surface area (Å²) in [6, 6.07) is 36.7. The molecule has 1 heterocycles. The van der Waals surface area contributed by atoms with Crippen LogP contribution in [0.2, 0.25) is 0 Å². The van der Waals surface area contributed by atoms with Gasteiger partial charge < -0.3 is 30.7 Å². The number of aromatic nitrogens is 1. The number of hydrogen-bond acceptors (Lipinski definition) is 7. The van der Waals surface area contributed by atoms with Crippen molar-refractivity contribution in [2.45, 2.75) is 158 Å². The summed E-state index contributed by atoms with van der Waals surface area (Å²) in [5.74, 6) is 0.535. The molecule has 0 aliphatic rings. The molecule has 370 valence electrons. The van der Waals surface area contributed by atoms with Gasteiger partial charge in [0.15, 0.2) is 0 Å². The van der Waals surface area contributed by atoms with E-state index in [9.17, 15) is 0 Å². The minimum Gasteiger partial charge on any atom is -0.383 e. The molecule has 0 aliphatic carbocycles. The highest BCUT2D eigenvalue weighted by molar-refractivity contribution is 6.03. The molecule has 1 aromatic heterocycles. The Bertz CT molecular complexity index is 2100. The molecule has 0 saturated heterocycles. The number of unbranched alkanes of at least 4 members (excludes halogenated alkanes) is 8. The second kappa shape index (κ2) is 29.7. The van der Waals surface area contributed by atoms with Crippen LogP contribution in [-0.2, 0) is 0 Å². The fourth-order valence-corrected chi connectivity index (χ4v) is 9.19. The van der Waals surface area contributed by atoms with Gasteiger partial charge in [0.05, 0.1) is 11.4 Å². The van der Waals surface area contributed by atoms with Gasteiger partial charge in [-0.25, -0.2) is 4.98 Å². The molecule has 3 N–H and O–H groups in total. The Morgan fingerprint density at radius 1 is 0.353 bits per heavy atom. The maximum absolute atomic E-state index is 7.36. The number of hydrogen-bond donors (Lipinski definition) is 2. The molecule has 0 unspecified atom stereocenters. The highest BCUT2D eigenvalue weighted by Crippen LogP contribution is 2.47. The number of nitrogens with zero attached hydrogens (tertiary/aromatic N) is 5. The van der Waals surface area contributed by atoms with Crippen LogP contribution in [0.15, 0.2) is 97.1 Å². The van der Waals surface area contributed by atoms with Crippen molar-refractivity contribution in [1.29, 1.82) is 0 Å². The van der Waals surface area contributed by atoms with Crippen molar-refractivity contribution in [3.8, 4) is 33.5 Å². The van der Waals surface area contributed by atoms with E-state index >= 15 is 0 Å². The highest BCUT2D eigenvalue weighted by Gasteiger charge is 2.24. The number of nitrogens with one attached hydrogen (secondary N) is 1. The lowest BCUT2D eigenvalue weighted by molar-refractivity contribution is 0.678. The van der Waals surface area contributed by atoms with Crippen molar-refractivity contribution in [3.05, 3.63) is 97.1 Å². The van der Waals surface area contributed by atoms with Crippen molar-refractivity contribution in [2.75, 3.05) is 83.0 Å². The smallest absolute Gasteiger partial charge is 0.132 e. The van der Waals surface area contributed by atoms with Gasteiger partial charge in [-0.15, -0.1) is 0 Å². The molecule has 0 fully saturated rings. The Labute approximate surface area is 414 Å². The summed E-state index contributed by atoms with van der Waals surface area (Å²) in [6.45, 7) is 26.8. The molecule has 68 heavy (non-hydrogen) atoms. The van der Waals surface area contributed by atoms with Gasteiger partial charge in [0.2, 0.25) is 0 Å². The molecule has 5 aromatic rings. The Hall–Kier alpha value is -5.17. The van der Waals surface area contributed by atoms with Crippen LogP contribution in [0.1, 0.15) is 158 Å². The Kier molecular flexibility index (Phi) is 23.5. The van der Waals surface area contributed by atoms with E-state index in [2.05, 4.69) is 177 Å². The first kappa shape index (κ1) is 53.8. The SMILES string of the molecule is CCCCN(CCCC)c1ccc(Nc2c(-c3ccc(N(CCCC)CCCC)cc3)nc(N)c(-c3ccc(N(CCCC)CCCC)cc3)c2-c2ccc(N(CCCC)CCCC)cc2)cc1. The summed E-state index contributed by atoms with van der Waals surface area (Å²) in [5.41, 5.74) is 20.6. The lowest BCUT2D eigenvalue weighted by Gasteiger charge is -2.27. The van der Waals surface area contributed by atoms with E-state index in [1.807, 2.05) is 0 Å². The number of anilines is 7. The van der Waals surface area contributed by atoms with Gasteiger partial charge in [0.1, 0.15) is 5.82 Å². The minimum atomic E-state index is 0.535. The molecule has 5 rings (SSSR count). The van der Waals surface area contributed by atoms with E-state index in [4.69, 9.17) is 10.7 Å². The summed E-state index contributed by atoms with van der Waals surface area (Å²) in [7, 11) is 0. The second-order valence-corrected chi connectivity index (χ2v) is 19.1. The van der Waals surface area contributed by atoms with Gasteiger partial charge in [-0.3, -0.25) is 0 Å². The molecular formula is C61H91N7. The molecule has 7 nitrogen and oxygen atoms in total. The van der Waals surface area contributed by atoms with Crippen LogP contribution in [0.3, 0.4) is 0 Å². The maximum atomic E-state index is 7.36. The Morgan fingerprint density at radius 2 is 0.618 bits per heavy atom. The lowest BCUT2D eigenvalue weighted by Crippen LogP contribution is -2.25. The molecule has 0 atom stereocenters. The van der Waals surface area contributed by atoms with E-state index < -0.39 is 0 Å². The van der Waals surface area contributed by atoms with E-state index in [0.29, 0.717) is 5.82 Å². The first-order valence-corrected chi connectivity index (χ1v) is 27.4. The number of rotatable bonds is 33. The van der Waals surface area contributed by atoms with Crippen LogP contribution in [0.25, 0.3) is 33.5 Å². The first-order chi connectivity index (χ1) is 33.3. The summed E-state index contributed by atoms with van der Waals surface area (Å²) < 4.78 is 0. The van der Waals surface area contributed by atoms with Crippen LogP contribution in [0, 0.1) is 0 Å². The third kappa shape index (κ3) is 15.4. The second-order valence-electron chi connectivity index (χ2n) is 19.1. The van der Waals surface area contributed by atoms with E-state index in [-0.39, 0.29) is 0 Å². The number of nitrogens with two attached hydrogens (primary N) is 1. The van der Waals surface area contributed by atoms with Crippen molar-refractivity contribution in [3.63, 3.8) is 0 Å². The van der Waals surface area contributed by atoms with Gasteiger partial charge in [0, 0.05) is 97.5 Å². The summed E-state index contributed by atoms with van der Waals surface area (Å²) in [5, 5.41) is 4.02. The third-order valence-corrected chi connectivity index (χ3v) is 13.5. The maximum Gasteiger partial charge on any atom is 0.132 e. The van der Waals surface area contributed by atoms with Crippen molar-refractivity contribution in [1.82, 2.24) is 4.98 Å². The molecule has 0 saturated carbocycles. The first-order valence-electron chi connectivity index (χ1n) is 27.4. The summed E-state index contributed by atoms with van der Waals surface area (Å²) in [6.07, 6.45) is 18.9. The van der Waals surface area contributed by atoms with Gasteiger partial charge in [-0.05, 0) is 123 Å². The zero-order valence-electron chi connectivity index (χ0n) is 44.0. The number of pyridine rings is 1. The van der Waals surface area contributed by atoms with Gasteiger partial charge in [0.25, 0.3) is 0 Å². The molecule has 0 bridgehead atoms. The van der Waals surface area contributed by atoms with Crippen LogP contribution in [0.5, 0.6) is 0 Å². The van der Waals surface area contributed by atoms with E-state index in [1.54, 1.807) is 0 Å². The molecule has 0 spiro atoms. The third-order valence-electron chi connectivity index (χ3n) is 13.5. The fourth-order valence-electron chi connectivity index (χ4n) is 9.19. The van der Waals surface area contributed by atoms with E-state index in [0.717, 1.165) is 97.2 Å². The Balaban J connectivity index is 1.74. The van der Waals surface area contributed by atoms with Gasteiger partial charge in [-0.1, -0.05) is 143 Å². The molecule has 0 aliphatic heterocycles. The number of benzene rings is 4. The average molecular weight is 922 g/mol. The summed E-state index contributed by atoms with van der Waals surface area (Å²) >= 11 is 0. The standard InChI is InChI=1S/C61H91N7/c1-9-17-41-65(42-18-10-2)53-33-25-49(26-34-53)57-58(50-27-35-54(36-28-50)66(43-19-11-3)44-20-12-4)61(62)64-59(51-29-37-55(38-30-51)67(45-21-13-5)46-22-14-6)60(57)63-52-31-39-56(40-32-52)68(47-23-15-7)48-24-16-8/h25-40,63H,9-24,41-48H2,1-8H3,(H2,62,64). The molecule has 0 radical (unpaired) electrons. The molecule has 4 aromatic carbocycles. The normalized spacial score (nSPS) is 11.2. The monoisotopic (exact) mass is 922 g/mol. The minimum absolute atomic E-state index is 0.535. The molecule has 0 amide bonds. The van der Waals surface area contributed by atoms with Crippen molar-refractivity contribution in [2.24, 2.45) is 0 Å². The zero-order valence-corrected chi connectivity index (χ0v) is 44.0. The molecular weight excluding hydrogens is 831 g/mol. The van der Waals surface area contributed by atoms with Crippen molar-refractivity contribution < 1.29 is 0 Å².